The summed E-state index contributed by atoms with van der Waals surface area (Å²) < 4.78 is 0. The summed E-state index contributed by atoms with van der Waals surface area (Å²) in [5, 5.41) is 1.93. The Hall–Kier alpha value is -3.22. The van der Waals surface area contributed by atoms with Crippen LogP contribution >= 0.6 is 0 Å². The fourth-order valence-corrected chi connectivity index (χ4v) is 3.78. The number of rotatable bonds is 3. The zero-order valence-electron chi connectivity index (χ0n) is 15.5. The summed E-state index contributed by atoms with van der Waals surface area (Å²) in [6, 6.07) is 13.4. The molecule has 0 radical (unpaired) electrons. The molecule has 0 saturated carbocycles. The zero-order valence-corrected chi connectivity index (χ0v) is 15.5. The SMILES string of the molecule is O=C(CN1C(=O)CCC1=O)N1CCN(C(=O)c2cccc3ccccc23)CC1. The smallest absolute Gasteiger partial charge is 0.254 e. The molecule has 2 saturated heterocycles. The van der Waals surface area contributed by atoms with Gasteiger partial charge in [0.05, 0.1) is 0 Å². The van der Waals surface area contributed by atoms with Gasteiger partial charge < -0.3 is 9.80 Å². The van der Waals surface area contributed by atoms with E-state index in [-0.39, 0.29) is 43.0 Å². The molecule has 2 heterocycles. The van der Waals surface area contributed by atoms with Crippen LogP contribution in [0, 0.1) is 0 Å². The van der Waals surface area contributed by atoms with Crippen molar-refractivity contribution in [1.82, 2.24) is 14.7 Å². The molecule has 0 aliphatic carbocycles. The summed E-state index contributed by atoms with van der Waals surface area (Å²) in [5.41, 5.74) is 0.658. The summed E-state index contributed by atoms with van der Waals surface area (Å²) in [6.07, 6.45) is 0.360. The van der Waals surface area contributed by atoms with E-state index in [1.807, 2.05) is 42.5 Å². The van der Waals surface area contributed by atoms with Crippen LogP contribution in [0.15, 0.2) is 42.5 Å². The molecule has 2 aliphatic heterocycles. The minimum Gasteiger partial charge on any atom is -0.338 e. The summed E-state index contributed by atoms with van der Waals surface area (Å²) in [4.78, 5) is 53.2. The molecule has 4 amide bonds. The molecule has 2 aromatic rings. The molecule has 28 heavy (non-hydrogen) atoms. The Labute approximate surface area is 162 Å². The van der Waals surface area contributed by atoms with E-state index < -0.39 is 0 Å². The van der Waals surface area contributed by atoms with Gasteiger partial charge in [0.15, 0.2) is 0 Å². The van der Waals surface area contributed by atoms with Crippen molar-refractivity contribution in [1.29, 1.82) is 0 Å². The molecule has 0 atom stereocenters. The van der Waals surface area contributed by atoms with Crippen LogP contribution in [0.5, 0.6) is 0 Å². The van der Waals surface area contributed by atoms with Crippen molar-refractivity contribution < 1.29 is 19.2 Å². The number of carbonyl (C=O) groups is 4. The lowest BCUT2D eigenvalue weighted by Crippen LogP contribution is -2.53. The molecule has 0 aromatic heterocycles. The van der Waals surface area contributed by atoms with Crippen LogP contribution in [0.3, 0.4) is 0 Å². The maximum Gasteiger partial charge on any atom is 0.254 e. The molecule has 144 valence electrons. The van der Waals surface area contributed by atoms with Crippen molar-refractivity contribution >= 4 is 34.4 Å². The quantitative estimate of drug-likeness (QED) is 0.753. The first-order valence-electron chi connectivity index (χ1n) is 9.42. The number of likely N-dealkylation sites (tertiary alicyclic amines) is 1. The number of imide groups is 1. The maximum absolute atomic E-state index is 13.0. The Morgan fingerprint density at radius 1 is 0.786 bits per heavy atom. The number of benzene rings is 2. The second kappa shape index (κ2) is 7.42. The molecule has 0 N–H and O–H groups in total. The third kappa shape index (κ3) is 3.35. The average molecular weight is 379 g/mol. The summed E-state index contributed by atoms with van der Waals surface area (Å²) in [6.45, 7) is 1.44. The molecule has 7 nitrogen and oxygen atoms in total. The van der Waals surface area contributed by atoms with E-state index in [4.69, 9.17) is 0 Å². The molecule has 4 rings (SSSR count). The lowest BCUT2D eigenvalue weighted by Gasteiger charge is -2.35. The van der Waals surface area contributed by atoms with Crippen LogP contribution in [0.2, 0.25) is 0 Å². The van der Waals surface area contributed by atoms with Crippen molar-refractivity contribution in [3.8, 4) is 0 Å². The fraction of sp³-hybridized carbons (Fsp3) is 0.333. The largest absolute Gasteiger partial charge is 0.338 e. The highest BCUT2D eigenvalue weighted by molar-refractivity contribution is 6.07. The first kappa shape index (κ1) is 18.2. The van der Waals surface area contributed by atoms with Crippen LogP contribution in [0.25, 0.3) is 10.8 Å². The summed E-state index contributed by atoms with van der Waals surface area (Å²) >= 11 is 0. The Bertz CT molecular complexity index is 942. The molecule has 0 spiro atoms. The summed E-state index contributed by atoms with van der Waals surface area (Å²) in [7, 11) is 0. The van der Waals surface area contributed by atoms with Crippen molar-refractivity contribution in [3.05, 3.63) is 48.0 Å². The van der Waals surface area contributed by atoms with E-state index in [1.165, 1.54) is 0 Å². The molecule has 2 fully saturated rings. The molecule has 2 aromatic carbocycles. The van der Waals surface area contributed by atoms with Crippen LogP contribution in [-0.2, 0) is 14.4 Å². The molecule has 0 bridgehead atoms. The summed E-state index contributed by atoms with van der Waals surface area (Å²) in [5.74, 6) is -0.874. The normalized spacial score (nSPS) is 17.5. The van der Waals surface area contributed by atoms with E-state index in [0.717, 1.165) is 15.7 Å². The first-order valence-corrected chi connectivity index (χ1v) is 9.42. The zero-order chi connectivity index (χ0) is 19.7. The topological polar surface area (TPSA) is 78.0 Å². The third-order valence-corrected chi connectivity index (χ3v) is 5.39. The number of amides is 4. The van der Waals surface area contributed by atoms with Crippen LogP contribution in [0.1, 0.15) is 23.2 Å². The number of piperazine rings is 1. The number of carbonyl (C=O) groups excluding carboxylic acids is 4. The van der Waals surface area contributed by atoms with Gasteiger partial charge in [0, 0.05) is 44.6 Å². The Morgan fingerprint density at radius 3 is 2.11 bits per heavy atom. The highest BCUT2D eigenvalue weighted by Gasteiger charge is 2.33. The van der Waals surface area contributed by atoms with Crippen molar-refractivity contribution in [2.75, 3.05) is 32.7 Å². The average Bonchev–Trinajstić information content (AvgIpc) is 3.05. The number of nitrogens with zero attached hydrogens (tertiary/aromatic N) is 3. The van der Waals surface area contributed by atoms with Crippen LogP contribution < -0.4 is 0 Å². The Kier molecular flexibility index (Phi) is 4.81. The van der Waals surface area contributed by atoms with Crippen molar-refractivity contribution in [2.45, 2.75) is 12.8 Å². The van der Waals surface area contributed by atoms with Gasteiger partial charge in [-0.1, -0.05) is 36.4 Å². The lowest BCUT2D eigenvalue weighted by atomic mass is 10.0. The van der Waals surface area contributed by atoms with Gasteiger partial charge in [-0.15, -0.1) is 0 Å². The van der Waals surface area contributed by atoms with Gasteiger partial charge in [0.2, 0.25) is 17.7 Å². The minimum absolute atomic E-state index is 0.0474. The van der Waals surface area contributed by atoms with Crippen molar-refractivity contribution in [2.24, 2.45) is 0 Å². The maximum atomic E-state index is 13.0. The van der Waals surface area contributed by atoms with E-state index in [9.17, 15) is 19.2 Å². The van der Waals surface area contributed by atoms with Gasteiger partial charge in [-0.05, 0) is 16.8 Å². The number of fused-ring (bicyclic) bond motifs is 1. The molecule has 7 heteroatoms. The molecular formula is C21H21N3O4. The second-order valence-electron chi connectivity index (χ2n) is 7.07. The lowest BCUT2D eigenvalue weighted by molar-refractivity contribution is -0.146. The highest BCUT2D eigenvalue weighted by atomic mass is 16.2. The van der Waals surface area contributed by atoms with Crippen molar-refractivity contribution in [3.63, 3.8) is 0 Å². The Balaban J connectivity index is 1.40. The minimum atomic E-state index is -0.289. The van der Waals surface area contributed by atoms with Crippen LogP contribution in [-0.4, -0.2) is 71.1 Å². The third-order valence-electron chi connectivity index (χ3n) is 5.39. The van der Waals surface area contributed by atoms with E-state index in [0.29, 0.717) is 31.7 Å². The van der Waals surface area contributed by atoms with E-state index in [1.54, 1.807) is 9.80 Å². The molecule has 0 unspecified atom stereocenters. The van der Waals surface area contributed by atoms with E-state index in [2.05, 4.69) is 0 Å². The Morgan fingerprint density at radius 2 is 1.39 bits per heavy atom. The molecular weight excluding hydrogens is 358 g/mol. The molecule has 2 aliphatic rings. The predicted molar refractivity (Wildman–Crippen MR) is 102 cm³/mol. The standard InChI is InChI=1S/C21H21N3O4/c25-18-8-9-19(26)24(18)14-20(27)22-10-12-23(13-11-22)21(28)17-7-3-5-15-4-1-2-6-16(15)17/h1-7H,8-14H2. The van der Waals surface area contributed by atoms with Gasteiger partial charge in [0.25, 0.3) is 5.91 Å². The van der Waals surface area contributed by atoms with Gasteiger partial charge in [-0.2, -0.15) is 0 Å². The monoisotopic (exact) mass is 379 g/mol. The highest BCUT2D eigenvalue weighted by Crippen LogP contribution is 2.21. The number of hydrogen-bond donors (Lipinski definition) is 0. The number of hydrogen-bond acceptors (Lipinski definition) is 4. The van der Waals surface area contributed by atoms with Gasteiger partial charge in [-0.25, -0.2) is 0 Å². The fourth-order valence-electron chi connectivity index (χ4n) is 3.78. The second-order valence-corrected chi connectivity index (χ2v) is 7.07. The van der Waals surface area contributed by atoms with Gasteiger partial charge in [-0.3, -0.25) is 24.1 Å². The van der Waals surface area contributed by atoms with Crippen LogP contribution in [0.4, 0.5) is 0 Å². The van der Waals surface area contributed by atoms with E-state index >= 15 is 0 Å². The van der Waals surface area contributed by atoms with Gasteiger partial charge in [0.1, 0.15) is 6.54 Å². The predicted octanol–water partition coefficient (Wildman–Crippen LogP) is 1.27. The van der Waals surface area contributed by atoms with Gasteiger partial charge >= 0.3 is 0 Å². The first-order chi connectivity index (χ1) is 13.5.